The number of nitrogens with one attached hydrogen (secondary N) is 1. The fraction of sp³-hybridized carbons (Fsp3) is 1.00. The SMILES string of the molecule is CC(C)C(CN)NCC(C(F)(F)F)C(F)(F)F. The average molecular weight is 266 g/mol. The Hall–Kier alpha value is -0.500. The van der Waals surface area contributed by atoms with E-state index in [1.54, 1.807) is 13.8 Å². The molecular weight excluding hydrogens is 250 g/mol. The molecule has 3 N–H and O–H groups in total. The topological polar surface area (TPSA) is 38.0 Å². The van der Waals surface area contributed by atoms with E-state index in [4.69, 9.17) is 5.73 Å². The Kier molecular flexibility index (Phi) is 5.73. The van der Waals surface area contributed by atoms with Gasteiger partial charge < -0.3 is 11.1 Å². The van der Waals surface area contributed by atoms with Crippen molar-refractivity contribution in [2.24, 2.45) is 17.6 Å². The van der Waals surface area contributed by atoms with Crippen molar-refractivity contribution in [2.45, 2.75) is 32.2 Å². The highest BCUT2D eigenvalue weighted by atomic mass is 19.4. The lowest BCUT2D eigenvalue weighted by Gasteiger charge is -2.27. The Morgan fingerprint density at radius 1 is 1.00 bits per heavy atom. The fourth-order valence-electron chi connectivity index (χ4n) is 1.28. The molecule has 0 spiro atoms. The molecule has 0 saturated heterocycles. The zero-order valence-electron chi connectivity index (χ0n) is 9.49. The van der Waals surface area contributed by atoms with Crippen molar-refractivity contribution in [3.63, 3.8) is 0 Å². The van der Waals surface area contributed by atoms with Gasteiger partial charge in [-0.2, -0.15) is 26.3 Å². The van der Waals surface area contributed by atoms with Gasteiger partial charge >= 0.3 is 12.4 Å². The first kappa shape index (κ1) is 16.5. The van der Waals surface area contributed by atoms with E-state index < -0.39 is 30.9 Å². The van der Waals surface area contributed by atoms with Gasteiger partial charge in [-0.3, -0.25) is 0 Å². The quantitative estimate of drug-likeness (QED) is 0.749. The van der Waals surface area contributed by atoms with Crippen LogP contribution in [0, 0.1) is 11.8 Å². The van der Waals surface area contributed by atoms with Crippen LogP contribution in [-0.2, 0) is 0 Å². The van der Waals surface area contributed by atoms with Crippen LogP contribution >= 0.6 is 0 Å². The van der Waals surface area contributed by atoms with Crippen molar-refractivity contribution >= 4 is 0 Å². The summed E-state index contributed by atoms with van der Waals surface area (Å²) >= 11 is 0. The summed E-state index contributed by atoms with van der Waals surface area (Å²) in [6.45, 7) is 2.12. The lowest BCUT2D eigenvalue weighted by Crippen LogP contribution is -2.49. The molecule has 104 valence electrons. The molecule has 1 atom stereocenters. The average Bonchev–Trinajstić information content (AvgIpc) is 2.07. The summed E-state index contributed by atoms with van der Waals surface area (Å²) in [7, 11) is 0. The molecule has 0 saturated carbocycles. The molecule has 0 aliphatic heterocycles. The van der Waals surface area contributed by atoms with E-state index in [2.05, 4.69) is 5.32 Å². The maximum Gasteiger partial charge on any atom is 0.401 e. The molecule has 0 aliphatic rings. The molecule has 0 heterocycles. The number of hydrogen-bond donors (Lipinski definition) is 2. The minimum absolute atomic E-state index is 0.0138. The molecule has 0 aromatic carbocycles. The lowest BCUT2D eigenvalue weighted by atomic mass is 10.0. The molecule has 0 aliphatic carbocycles. The van der Waals surface area contributed by atoms with Gasteiger partial charge in [0.15, 0.2) is 5.92 Å². The standard InChI is InChI=1S/C9H16F6N2/c1-5(2)6(3-16)17-4-7(8(10,11)12)9(13,14)15/h5-7,17H,3-4,16H2,1-2H3. The molecule has 0 bridgehead atoms. The van der Waals surface area contributed by atoms with Gasteiger partial charge in [-0.05, 0) is 5.92 Å². The second kappa shape index (κ2) is 5.90. The van der Waals surface area contributed by atoms with Gasteiger partial charge in [-0.15, -0.1) is 0 Å². The summed E-state index contributed by atoms with van der Waals surface area (Å²) in [6, 6.07) is -0.567. The van der Waals surface area contributed by atoms with Gasteiger partial charge in [0.25, 0.3) is 0 Å². The Balaban J connectivity index is 4.58. The molecular formula is C9H16F6N2. The zero-order chi connectivity index (χ0) is 13.9. The van der Waals surface area contributed by atoms with Gasteiger partial charge in [0.2, 0.25) is 0 Å². The van der Waals surface area contributed by atoms with Crippen molar-refractivity contribution < 1.29 is 26.3 Å². The predicted octanol–water partition coefficient (Wildman–Crippen LogP) is 2.30. The second-order valence-corrected chi connectivity index (χ2v) is 4.13. The van der Waals surface area contributed by atoms with Gasteiger partial charge in [0, 0.05) is 19.1 Å². The minimum atomic E-state index is -5.30. The minimum Gasteiger partial charge on any atom is -0.329 e. The second-order valence-electron chi connectivity index (χ2n) is 4.13. The van der Waals surface area contributed by atoms with Crippen LogP contribution in [0.15, 0.2) is 0 Å². The highest BCUT2D eigenvalue weighted by molar-refractivity contribution is 4.81. The molecule has 0 fully saturated rings. The van der Waals surface area contributed by atoms with Crippen LogP contribution < -0.4 is 11.1 Å². The summed E-state index contributed by atoms with van der Waals surface area (Å²) in [6.07, 6.45) is -10.6. The largest absolute Gasteiger partial charge is 0.401 e. The first-order valence-corrected chi connectivity index (χ1v) is 5.07. The van der Waals surface area contributed by atoms with Crippen LogP contribution in [0.5, 0.6) is 0 Å². The van der Waals surface area contributed by atoms with Crippen molar-refractivity contribution in [1.29, 1.82) is 0 Å². The molecule has 0 radical (unpaired) electrons. The monoisotopic (exact) mass is 266 g/mol. The van der Waals surface area contributed by atoms with Crippen LogP contribution in [0.1, 0.15) is 13.8 Å². The number of nitrogens with two attached hydrogens (primary N) is 1. The molecule has 0 amide bonds. The van der Waals surface area contributed by atoms with Gasteiger partial charge in [0.1, 0.15) is 0 Å². The molecule has 1 unspecified atom stereocenters. The molecule has 0 aromatic heterocycles. The smallest absolute Gasteiger partial charge is 0.329 e. The maximum absolute atomic E-state index is 12.2. The fourth-order valence-corrected chi connectivity index (χ4v) is 1.28. The Morgan fingerprint density at radius 2 is 1.41 bits per heavy atom. The summed E-state index contributed by atoms with van der Waals surface area (Å²) < 4.78 is 73.1. The van der Waals surface area contributed by atoms with Crippen molar-refractivity contribution in [3.05, 3.63) is 0 Å². The third kappa shape index (κ3) is 5.58. The highest BCUT2D eigenvalue weighted by Gasteiger charge is 2.56. The number of rotatable bonds is 5. The number of halogens is 6. The Labute approximate surface area is 95.5 Å². The Morgan fingerprint density at radius 3 is 1.65 bits per heavy atom. The molecule has 17 heavy (non-hydrogen) atoms. The summed E-state index contributed by atoms with van der Waals surface area (Å²) in [4.78, 5) is 0. The third-order valence-electron chi connectivity index (χ3n) is 2.43. The van der Waals surface area contributed by atoms with Gasteiger partial charge in [-0.25, -0.2) is 0 Å². The summed E-state index contributed by atoms with van der Waals surface area (Å²) in [5.41, 5.74) is 5.25. The van der Waals surface area contributed by atoms with Gasteiger partial charge in [-0.1, -0.05) is 13.8 Å². The zero-order valence-corrected chi connectivity index (χ0v) is 9.49. The normalized spacial score (nSPS) is 15.7. The Bertz CT molecular complexity index is 209. The first-order valence-electron chi connectivity index (χ1n) is 5.07. The van der Waals surface area contributed by atoms with Crippen LogP contribution in [0.25, 0.3) is 0 Å². The number of hydrogen-bond acceptors (Lipinski definition) is 2. The van der Waals surface area contributed by atoms with E-state index in [0.717, 1.165) is 0 Å². The van der Waals surface area contributed by atoms with Crippen molar-refractivity contribution in [2.75, 3.05) is 13.1 Å². The highest BCUT2D eigenvalue weighted by Crippen LogP contribution is 2.38. The lowest BCUT2D eigenvalue weighted by molar-refractivity contribution is -0.282. The van der Waals surface area contributed by atoms with E-state index in [-0.39, 0.29) is 12.5 Å². The van der Waals surface area contributed by atoms with E-state index >= 15 is 0 Å². The van der Waals surface area contributed by atoms with E-state index in [1.165, 1.54) is 0 Å². The molecule has 2 nitrogen and oxygen atoms in total. The van der Waals surface area contributed by atoms with Crippen LogP contribution in [0.2, 0.25) is 0 Å². The van der Waals surface area contributed by atoms with Gasteiger partial charge in [0.05, 0.1) is 0 Å². The molecule has 0 aromatic rings. The van der Waals surface area contributed by atoms with Crippen molar-refractivity contribution in [3.8, 4) is 0 Å². The van der Waals surface area contributed by atoms with Crippen LogP contribution in [0.4, 0.5) is 26.3 Å². The van der Waals surface area contributed by atoms with Crippen LogP contribution in [-0.4, -0.2) is 31.5 Å². The van der Waals surface area contributed by atoms with E-state index in [9.17, 15) is 26.3 Å². The summed E-state index contributed by atoms with van der Waals surface area (Å²) in [5.74, 6) is -3.50. The molecule has 8 heteroatoms. The van der Waals surface area contributed by atoms with E-state index in [1.807, 2.05) is 0 Å². The van der Waals surface area contributed by atoms with E-state index in [0.29, 0.717) is 0 Å². The van der Waals surface area contributed by atoms with Crippen molar-refractivity contribution in [1.82, 2.24) is 5.32 Å². The third-order valence-corrected chi connectivity index (χ3v) is 2.43. The van der Waals surface area contributed by atoms with Crippen LogP contribution in [0.3, 0.4) is 0 Å². The molecule has 0 rings (SSSR count). The maximum atomic E-state index is 12.2. The summed E-state index contributed by atoms with van der Waals surface area (Å²) in [5, 5.41) is 2.22. The predicted molar refractivity (Wildman–Crippen MR) is 51.3 cm³/mol. The first-order chi connectivity index (χ1) is 7.50. The number of alkyl halides is 6.